The van der Waals surface area contributed by atoms with E-state index in [2.05, 4.69) is 41.4 Å². The van der Waals surface area contributed by atoms with Crippen LogP contribution in [0, 0.1) is 0 Å². The average Bonchev–Trinajstić information content (AvgIpc) is 3.28. The number of aryl methyl sites for hydroxylation is 1. The van der Waals surface area contributed by atoms with Crippen molar-refractivity contribution in [3.63, 3.8) is 0 Å². The van der Waals surface area contributed by atoms with E-state index in [9.17, 15) is 9.59 Å². The van der Waals surface area contributed by atoms with Crippen molar-refractivity contribution in [2.24, 2.45) is 0 Å². The number of fused-ring (bicyclic) bond motifs is 1. The Bertz CT molecular complexity index is 843. The van der Waals surface area contributed by atoms with Crippen molar-refractivity contribution in [3.05, 3.63) is 41.1 Å². The predicted octanol–water partition coefficient (Wildman–Crippen LogP) is 2.37. The van der Waals surface area contributed by atoms with E-state index in [0.29, 0.717) is 26.2 Å². The van der Waals surface area contributed by atoms with Crippen LogP contribution in [0.4, 0.5) is 4.79 Å². The molecule has 1 saturated heterocycles. The Balaban J connectivity index is 1.49. The van der Waals surface area contributed by atoms with E-state index in [4.69, 9.17) is 4.74 Å². The Kier molecular flexibility index (Phi) is 4.83. The normalized spacial score (nSPS) is 16.4. The van der Waals surface area contributed by atoms with Crippen molar-refractivity contribution in [1.29, 1.82) is 0 Å². The van der Waals surface area contributed by atoms with Crippen molar-refractivity contribution in [1.82, 2.24) is 20.0 Å². The summed E-state index contributed by atoms with van der Waals surface area (Å²) in [6, 6.07) is 8.49. The molecule has 2 aliphatic heterocycles. The van der Waals surface area contributed by atoms with Crippen LogP contribution in [0.15, 0.2) is 24.3 Å². The van der Waals surface area contributed by atoms with Gasteiger partial charge in [-0.05, 0) is 12.0 Å². The predicted molar refractivity (Wildman–Crippen MR) is 100 cm³/mol. The highest BCUT2D eigenvalue weighted by Crippen LogP contribution is 2.29. The molecule has 27 heavy (non-hydrogen) atoms. The number of cyclic esters (lactones) is 1. The van der Waals surface area contributed by atoms with Gasteiger partial charge in [-0.15, -0.1) is 0 Å². The van der Waals surface area contributed by atoms with Gasteiger partial charge in [0.15, 0.2) is 0 Å². The number of rotatable bonds is 5. The lowest BCUT2D eigenvalue weighted by Crippen LogP contribution is -2.43. The molecule has 142 valence electrons. The van der Waals surface area contributed by atoms with Crippen molar-refractivity contribution in [2.75, 3.05) is 26.2 Å². The molecule has 2 aromatic rings. The van der Waals surface area contributed by atoms with Gasteiger partial charge in [0.2, 0.25) is 5.91 Å². The summed E-state index contributed by atoms with van der Waals surface area (Å²) in [6.45, 7) is 4.23. The van der Waals surface area contributed by atoms with Gasteiger partial charge in [0.05, 0.1) is 12.2 Å². The van der Waals surface area contributed by atoms with Crippen molar-refractivity contribution >= 4 is 12.0 Å². The fourth-order valence-corrected chi connectivity index (χ4v) is 3.70. The molecule has 0 saturated carbocycles. The highest BCUT2D eigenvalue weighted by Gasteiger charge is 2.30. The van der Waals surface area contributed by atoms with Gasteiger partial charge < -0.3 is 9.64 Å². The maximum atomic E-state index is 12.6. The monoisotopic (exact) mass is 368 g/mol. The van der Waals surface area contributed by atoms with Crippen LogP contribution in [0.2, 0.25) is 0 Å². The molecule has 7 nitrogen and oxygen atoms in total. The van der Waals surface area contributed by atoms with Crippen molar-refractivity contribution < 1.29 is 14.3 Å². The number of carbonyl (C=O) groups is 2. The molecule has 3 heterocycles. The number of nitrogens with one attached hydrogen (secondary N) is 1. The van der Waals surface area contributed by atoms with Gasteiger partial charge >= 0.3 is 6.09 Å². The van der Waals surface area contributed by atoms with Crippen LogP contribution in [-0.4, -0.2) is 58.2 Å². The maximum absolute atomic E-state index is 12.6. The molecule has 7 heteroatoms. The number of aromatic amines is 1. The minimum Gasteiger partial charge on any atom is -0.448 e. The van der Waals surface area contributed by atoms with E-state index < -0.39 is 6.09 Å². The number of hydrogen-bond donors (Lipinski definition) is 1. The van der Waals surface area contributed by atoms with E-state index in [1.54, 1.807) is 4.90 Å². The molecule has 0 aliphatic carbocycles. The molecule has 0 spiro atoms. The molecule has 0 radical (unpaired) electrons. The van der Waals surface area contributed by atoms with E-state index in [0.717, 1.165) is 41.8 Å². The lowest BCUT2D eigenvalue weighted by Gasteiger charge is -2.28. The maximum Gasteiger partial charge on any atom is 0.410 e. The second-order valence-electron chi connectivity index (χ2n) is 7.08. The smallest absolute Gasteiger partial charge is 0.410 e. The molecule has 0 bridgehead atoms. The summed E-state index contributed by atoms with van der Waals surface area (Å²) in [4.78, 5) is 27.5. The van der Waals surface area contributed by atoms with Gasteiger partial charge in [0.1, 0.15) is 13.2 Å². The van der Waals surface area contributed by atoms with Crippen LogP contribution in [0.5, 0.6) is 0 Å². The first kappa shape index (κ1) is 17.6. The first-order valence-electron chi connectivity index (χ1n) is 9.50. The summed E-state index contributed by atoms with van der Waals surface area (Å²) in [5.41, 5.74) is 5.45. The van der Waals surface area contributed by atoms with Crippen LogP contribution in [0.3, 0.4) is 0 Å². The first-order chi connectivity index (χ1) is 13.2. The second kappa shape index (κ2) is 7.42. The molecular weight excluding hydrogens is 344 g/mol. The molecule has 1 aromatic carbocycles. The van der Waals surface area contributed by atoms with Crippen LogP contribution in [0.25, 0.3) is 11.3 Å². The highest BCUT2D eigenvalue weighted by atomic mass is 16.6. The van der Waals surface area contributed by atoms with Gasteiger partial charge in [0, 0.05) is 36.3 Å². The molecule has 1 fully saturated rings. The van der Waals surface area contributed by atoms with Gasteiger partial charge in [-0.25, -0.2) is 4.79 Å². The van der Waals surface area contributed by atoms with E-state index in [1.165, 1.54) is 10.5 Å². The zero-order chi connectivity index (χ0) is 18.8. The van der Waals surface area contributed by atoms with Crippen molar-refractivity contribution in [3.8, 4) is 11.3 Å². The zero-order valence-electron chi connectivity index (χ0n) is 15.5. The fraction of sp³-hybridized carbons (Fsp3) is 0.450. The number of H-pyrrole nitrogens is 1. The summed E-state index contributed by atoms with van der Waals surface area (Å²) >= 11 is 0. The van der Waals surface area contributed by atoms with Gasteiger partial charge in [0.25, 0.3) is 0 Å². The first-order valence-corrected chi connectivity index (χ1v) is 9.50. The Morgan fingerprint density at radius 2 is 2.07 bits per heavy atom. The van der Waals surface area contributed by atoms with Crippen LogP contribution >= 0.6 is 0 Å². The standard InChI is InChI=1S/C20H24N4O3/c1-2-3-14-4-6-15(7-5-14)19-16-12-23(9-8-17(16)21-22-19)18(25)13-24-10-11-27-20(24)26/h4-7H,2-3,8-13H2,1H3,(H,21,22). The minimum absolute atomic E-state index is 0.0510. The summed E-state index contributed by atoms with van der Waals surface area (Å²) < 4.78 is 4.90. The lowest BCUT2D eigenvalue weighted by molar-refractivity contribution is -0.132. The average molecular weight is 368 g/mol. The van der Waals surface area contributed by atoms with Gasteiger partial charge in [-0.2, -0.15) is 5.10 Å². The molecule has 1 aromatic heterocycles. The Morgan fingerprint density at radius 1 is 1.26 bits per heavy atom. The SMILES string of the molecule is CCCc1ccc(-c2n[nH]c3c2CN(C(=O)CN2CCOC2=O)CC3)cc1. The molecule has 0 unspecified atom stereocenters. The summed E-state index contributed by atoms with van der Waals surface area (Å²) in [5.74, 6) is -0.0510. The molecule has 2 amide bonds. The summed E-state index contributed by atoms with van der Waals surface area (Å²) in [6.07, 6.45) is 2.53. The summed E-state index contributed by atoms with van der Waals surface area (Å²) in [7, 11) is 0. The quantitative estimate of drug-likeness (QED) is 0.879. The number of ether oxygens (including phenoxy) is 1. The number of nitrogens with zero attached hydrogens (tertiary/aromatic N) is 3. The third-order valence-corrected chi connectivity index (χ3v) is 5.22. The molecule has 0 atom stereocenters. The molecule has 2 aliphatic rings. The van der Waals surface area contributed by atoms with E-state index >= 15 is 0 Å². The Hall–Kier alpha value is -2.83. The lowest BCUT2D eigenvalue weighted by atomic mass is 9.99. The molecule has 4 rings (SSSR count). The topological polar surface area (TPSA) is 78.5 Å². The number of benzene rings is 1. The zero-order valence-corrected chi connectivity index (χ0v) is 15.5. The highest BCUT2D eigenvalue weighted by molar-refractivity contribution is 5.83. The minimum atomic E-state index is -0.405. The van der Waals surface area contributed by atoms with Crippen LogP contribution in [-0.2, 0) is 28.9 Å². The van der Waals surface area contributed by atoms with E-state index in [1.807, 2.05) is 0 Å². The third-order valence-electron chi connectivity index (χ3n) is 5.22. The van der Waals surface area contributed by atoms with Gasteiger partial charge in [-0.1, -0.05) is 37.6 Å². The number of carbonyl (C=O) groups excluding carboxylic acids is 2. The Labute approximate surface area is 158 Å². The second-order valence-corrected chi connectivity index (χ2v) is 7.08. The van der Waals surface area contributed by atoms with Crippen LogP contribution < -0.4 is 0 Å². The third kappa shape index (κ3) is 3.54. The van der Waals surface area contributed by atoms with Gasteiger partial charge in [-0.3, -0.25) is 14.8 Å². The number of aromatic nitrogens is 2. The molecular formula is C20H24N4O3. The molecule has 1 N–H and O–H groups in total. The Morgan fingerprint density at radius 3 is 2.78 bits per heavy atom. The van der Waals surface area contributed by atoms with E-state index in [-0.39, 0.29) is 12.5 Å². The van der Waals surface area contributed by atoms with Crippen LogP contribution in [0.1, 0.15) is 30.2 Å². The number of amides is 2. The number of hydrogen-bond acceptors (Lipinski definition) is 4. The fourth-order valence-electron chi connectivity index (χ4n) is 3.70. The van der Waals surface area contributed by atoms with Crippen molar-refractivity contribution in [2.45, 2.75) is 32.7 Å². The summed E-state index contributed by atoms with van der Waals surface area (Å²) in [5, 5.41) is 7.64. The largest absolute Gasteiger partial charge is 0.448 e.